The van der Waals surface area contributed by atoms with Gasteiger partial charge < -0.3 is 19.4 Å². The highest BCUT2D eigenvalue weighted by atomic mass is 32.2. The zero-order valence-corrected chi connectivity index (χ0v) is 16.7. The number of nitrogens with zero attached hydrogens (tertiary/aromatic N) is 1. The molecule has 3 rings (SSSR count). The number of hydrogen-bond donors (Lipinski definition) is 1. The average molecular weight is 402 g/mol. The van der Waals surface area contributed by atoms with Crippen molar-refractivity contribution in [2.75, 3.05) is 17.7 Å². The fourth-order valence-electron chi connectivity index (χ4n) is 3.20. The van der Waals surface area contributed by atoms with Gasteiger partial charge in [0.1, 0.15) is 17.2 Å². The Balaban J connectivity index is 1.59. The lowest BCUT2D eigenvalue weighted by molar-refractivity contribution is -0.155. The standard InChI is InChI=1S/C20H22N2O5S/c1-12-7-13(2)9-15(8-12)21-18(24)10-27-20(25)16-11-28-19(22(16)14(3)23)17-5-4-6-26-17/h4-9,16,19H,10-11H2,1-3H3,(H,21,24)/t16-,19+/m0/s1. The van der Waals surface area contributed by atoms with Crippen LogP contribution in [0.1, 0.15) is 29.2 Å². The number of carbonyl (C=O) groups excluding carboxylic acids is 3. The van der Waals surface area contributed by atoms with E-state index in [1.807, 2.05) is 32.0 Å². The first kappa shape index (κ1) is 20.0. The number of rotatable bonds is 5. The number of carbonyl (C=O) groups is 3. The highest BCUT2D eigenvalue weighted by molar-refractivity contribution is 7.99. The fourth-order valence-corrected chi connectivity index (χ4v) is 4.62. The molecule has 1 saturated heterocycles. The molecular formula is C20H22N2O5S. The highest BCUT2D eigenvalue weighted by Crippen LogP contribution is 2.41. The first-order valence-corrected chi connectivity index (χ1v) is 9.88. The summed E-state index contributed by atoms with van der Waals surface area (Å²) in [5.74, 6) is -0.313. The second-order valence-corrected chi connectivity index (χ2v) is 7.79. The van der Waals surface area contributed by atoms with Crippen LogP contribution in [0.2, 0.25) is 0 Å². The molecular weight excluding hydrogens is 380 g/mol. The Morgan fingerprint density at radius 3 is 2.57 bits per heavy atom. The molecule has 148 valence electrons. The number of ether oxygens (including phenoxy) is 1. The third-order valence-electron chi connectivity index (χ3n) is 4.27. The van der Waals surface area contributed by atoms with E-state index in [1.54, 1.807) is 12.1 Å². The quantitative estimate of drug-likeness (QED) is 0.774. The van der Waals surface area contributed by atoms with Crippen LogP contribution in [0.5, 0.6) is 0 Å². The molecule has 1 fully saturated rings. The Kier molecular flexibility index (Phi) is 6.08. The lowest BCUT2D eigenvalue weighted by atomic mass is 10.1. The van der Waals surface area contributed by atoms with Crippen molar-refractivity contribution in [2.24, 2.45) is 0 Å². The summed E-state index contributed by atoms with van der Waals surface area (Å²) in [5, 5.41) is 2.34. The van der Waals surface area contributed by atoms with E-state index < -0.39 is 24.5 Å². The van der Waals surface area contributed by atoms with E-state index >= 15 is 0 Å². The number of thioether (sulfide) groups is 1. The van der Waals surface area contributed by atoms with Crippen molar-refractivity contribution in [3.8, 4) is 0 Å². The molecule has 2 amide bonds. The molecule has 1 aromatic heterocycles. The number of amides is 2. The third-order valence-corrected chi connectivity index (χ3v) is 5.56. The molecule has 1 aromatic carbocycles. The summed E-state index contributed by atoms with van der Waals surface area (Å²) >= 11 is 1.42. The number of aryl methyl sites for hydroxylation is 2. The molecule has 2 heterocycles. The van der Waals surface area contributed by atoms with E-state index in [0.717, 1.165) is 11.1 Å². The second kappa shape index (κ2) is 8.52. The molecule has 0 spiro atoms. The van der Waals surface area contributed by atoms with Crippen LogP contribution in [0.15, 0.2) is 41.0 Å². The zero-order chi connectivity index (χ0) is 20.3. The van der Waals surface area contributed by atoms with Gasteiger partial charge in [0.25, 0.3) is 5.91 Å². The normalized spacial score (nSPS) is 18.8. The summed E-state index contributed by atoms with van der Waals surface area (Å²) in [6.07, 6.45) is 1.53. The minimum absolute atomic E-state index is 0.256. The van der Waals surface area contributed by atoms with Crippen molar-refractivity contribution in [1.29, 1.82) is 0 Å². The van der Waals surface area contributed by atoms with Crippen LogP contribution in [-0.2, 0) is 19.1 Å². The van der Waals surface area contributed by atoms with E-state index in [9.17, 15) is 14.4 Å². The predicted molar refractivity (Wildman–Crippen MR) is 106 cm³/mol. The monoisotopic (exact) mass is 402 g/mol. The topological polar surface area (TPSA) is 88.8 Å². The van der Waals surface area contributed by atoms with Gasteiger partial charge in [0.2, 0.25) is 5.91 Å². The van der Waals surface area contributed by atoms with Crippen LogP contribution in [0.4, 0.5) is 5.69 Å². The fraction of sp³-hybridized carbons (Fsp3) is 0.350. The van der Waals surface area contributed by atoms with Crippen LogP contribution < -0.4 is 5.32 Å². The molecule has 1 aliphatic heterocycles. The summed E-state index contributed by atoms with van der Waals surface area (Å²) in [5.41, 5.74) is 2.70. The number of anilines is 1. The molecule has 0 unspecified atom stereocenters. The van der Waals surface area contributed by atoms with Crippen molar-refractivity contribution in [2.45, 2.75) is 32.2 Å². The molecule has 8 heteroatoms. The first-order chi connectivity index (χ1) is 13.3. The summed E-state index contributed by atoms with van der Waals surface area (Å²) in [4.78, 5) is 38.2. The van der Waals surface area contributed by atoms with Crippen LogP contribution >= 0.6 is 11.8 Å². The van der Waals surface area contributed by atoms with Crippen molar-refractivity contribution in [1.82, 2.24) is 4.90 Å². The van der Waals surface area contributed by atoms with E-state index in [2.05, 4.69) is 5.32 Å². The molecule has 0 saturated carbocycles. The van der Waals surface area contributed by atoms with E-state index in [0.29, 0.717) is 17.2 Å². The second-order valence-electron chi connectivity index (χ2n) is 6.68. The lowest BCUT2D eigenvalue weighted by Crippen LogP contribution is -2.43. The van der Waals surface area contributed by atoms with Crippen molar-refractivity contribution < 1.29 is 23.5 Å². The largest absolute Gasteiger partial charge is 0.466 e. The van der Waals surface area contributed by atoms with Crippen LogP contribution in [0, 0.1) is 13.8 Å². The Labute approximate surface area is 167 Å². The molecule has 28 heavy (non-hydrogen) atoms. The van der Waals surface area contributed by atoms with Crippen LogP contribution in [0.25, 0.3) is 0 Å². The Bertz CT molecular complexity index is 860. The van der Waals surface area contributed by atoms with Gasteiger partial charge in [-0.1, -0.05) is 6.07 Å². The Morgan fingerprint density at radius 2 is 1.96 bits per heavy atom. The van der Waals surface area contributed by atoms with Gasteiger partial charge in [0.15, 0.2) is 6.61 Å². The van der Waals surface area contributed by atoms with Gasteiger partial charge in [0, 0.05) is 18.4 Å². The molecule has 0 aliphatic carbocycles. The number of benzene rings is 1. The minimum atomic E-state index is -0.758. The number of furan rings is 1. The first-order valence-electron chi connectivity index (χ1n) is 8.84. The van der Waals surface area contributed by atoms with Crippen molar-refractivity contribution in [3.05, 3.63) is 53.5 Å². The van der Waals surface area contributed by atoms with Crippen LogP contribution in [-0.4, -0.2) is 41.1 Å². The molecule has 2 aromatic rings. The van der Waals surface area contributed by atoms with E-state index in [-0.39, 0.29) is 11.3 Å². The van der Waals surface area contributed by atoms with Gasteiger partial charge in [-0.05, 0) is 49.2 Å². The van der Waals surface area contributed by atoms with Gasteiger partial charge in [-0.15, -0.1) is 11.8 Å². The molecule has 0 bridgehead atoms. The SMILES string of the molecule is CC(=O)N1[C@@H](c2ccco2)SC[C@H]1C(=O)OCC(=O)Nc1cc(C)cc(C)c1. The Hall–Kier alpha value is -2.74. The van der Waals surface area contributed by atoms with E-state index in [4.69, 9.17) is 9.15 Å². The lowest BCUT2D eigenvalue weighted by Gasteiger charge is -2.25. The Morgan fingerprint density at radius 1 is 1.25 bits per heavy atom. The highest BCUT2D eigenvalue weighted by Gasteiger charge is 2.43. The van der Waals surface area contributed by atoms with Gasteiger partial charge in [-0.25, -0.2) is 4.79 Å². The van der Waals surface area contributed by atoms with Crippen LogP contribution in [0.3, 0.4) is 0 Å². The van der Waals surface area contributed by atoms with Gasteiger partial charge in [0.05, 0.1) is 6.26 Å². The summed E-state index contributed by atoms with van der Waals surface area (Å²) < 4.78 is 10.6. The molecule has 2 atom stereocenters. The summed E-state index contributed by atoms with van der Waals surface area (Å²) in [7, 11) is 0. The summed E-state index contributed by atoms with van der Waals surface area (Å²) in [6, 6.07) is 8.42. The molecule has 0 radical (unpaired) electrons. The maximum absolute atomic E-state index is 12.5. The van der Waals surface area contributed by atoms with Gasteiger partial charge in [-0.3, -0.25) is 9.59 Å². The van der Waals surface area contributed by atoms with Gasteiger partial charge in [-0.2, -0.15) is 0 Å². The minimum Gasteiger partial charge on any atom is -0.466 e. The zero-order valence-electron chi connectivity index (χ0n) is 15.9. The number of nitrogens with one attached hydrogen (secondary N) is 1. The van der Waals surface area contributed by atoms with Gasteiger partial charge >= 0.3 is 5.97 Å². The maximum atomic E-state index is 12.5. The average Bonchev–Trinajstić information content (AvgIpc) is 3.27. The number of hydrogen-bond acceptors (Lipinski definition) is 6. The predicted octanol–water partition coefficient (Wildman–Crippen LogP) is 3.04. The molecule has 7 nitrogen and oxygen atoms in total. The smallest absolute Gasteiger partial charge is 0.330 e. The molecule has 1 aliphatic rings. The number of esters is 1. The third kappa shape index (κ3) is 4.56. The van der Waals surface area contributed by atoms with Crippen molar-refractivity contribution in [3.63, 3.8) is 0 Å². The summed E-state index contributed by atoms with van der Waals surface area (Å²) in [6.45, 7) is 4.86. The molecule has 1 N–H and O–H groups in total. The van der Waals surface area contributed by atoms with Crippen molar-refractivity contribution >= 4 is 35.2 Å². The maximum Gasteiger partial charge on any atom is 0.330 e. The van der Waals surface area contributed by atoms with E-state index in [1.165, 1.54) is 29.8 Å².